The Balaban J connectivity index is 2.33. The number of halogens is 1. The Kier molecular flexibility index (Phi) is 4.52. The van der Waals surface area contributed by atoms with E-state index in [4.69, 9.17) is 4.74 Å². The first-order chi connectivity index (χ1) is 9.93. The first kappa shape index (κ1) is 15.4. The molecule has 0 aromatic heterocycles. The molecule has 1 fully saturated rings. The van der Waals surface area contributed by atoms with Crippen LogP contribution >= 0.6 is 0 Å². The van der Waals surface area contributed by atoms with Crippen molar-refractivity contribution in [2.45, 2.75) is 32.4 Å². The number of carbonyl (C=O) groups is 1. The van der Waals surface area contributed by atoms with Gasteiger partial charge in [-0.15, -0.1) is 0 Å². The van der Waals surface area contributed by atoms with Gasteiger partial charge in [0.15, 0.2) is 0 Å². The Morgan fingerprint density at radius 2 is 2.29 bits per heavy atom. The highest BCUT2D eigenvalue weighted by Gasteiger charge is 2.31. The van der Waals surface area contributed by atoms with Gasteiger partial charge in [-0.05, 0) is 19.4 Å². The number of ether oxygens (including phenoxy) is 1. The molecule has 2 rings (SSSR count). The highest BCUT2D eigenvalue weighted by molar-refractivity contribution is 5.95. The molecule has 1 aromatic rings. The third-order valence-electron chi connectivity index (χ3n) is 3.59. The fraction of sp³-hybridized carbons (Fsp3) is 0.500. The Morgan fingerprint density at radius 1 is 1.57 bits per heavy atom. The van der Waals surface area contributed by atoms with E-state index in [1.165, 1.54) is 4.90 Å². The van der Waals surface area contributed by atoms with Crippen molar-refractivity contribution in [2.24, 2.45) is 0 Å². The average molecular weight is 296 g/mol. The van der Waals surface area contributed by atoms with Gasteiger partial charge in [-0.3, -0.25) is 14.9 Å². The van der Waals surface area contributed by atoms with Gasteiger partial charge in [0, 0.05) is 18.7 Å². The molecular weight excluding hydrogens is 279 g/mol. The lowest BCUT2D eigenvalue weighted by molar-refractivity contribution is -0.384. The first-order valence-electron chi connectivity index (χ1n) is 6.80. The van der Waals surface area contributed by atoms with E-state index in [2.05, 4.69) is 0 Å². The summed E-state index contributed by atoms with van der Waals surface area (Å²) in [6.07, 6.45) is 0.535. The quantitative estimate of drug-likeness (QED) is 0.634. The minimum absolute atomic E-state index is 0.140. The second kappa shape index (κ2) is 6.17. The zero-order valence-corrected chi connectivity index (χ0v) is 11.9. The minimum Gasteiger partial charge on any atom is -0.375 e. The number of hydrogen-bond donors (Lipinski definition) is 0. The number of nitro benzene ring substituents is 1. The second-order valence-corrected chi connectivity index (χ2v) is 5.08. The van der Waals surface area contributed by atoms with Crippen LogP contribution in [0.25, 0.3) is 0 Å². The summed E-state index contributed by atoms with van der Waals surface area (Å²) in [6.45, 7) is 4.48. The summed E-state index contributed by atoms with van der Waals surface area (Å²) in [6, 6.07) is 2.85. The Labute approximate surface area is 121 Å². The summed E-state index contributed by atoms with van der Waals surface area (Å²) in [5, 5.41) is 10.8. The normalized spacial score (nSPS) is 22.1. The summed E-state index contributed by atoms with van der Waals surface area (Å²) < 4.78 is 19.4. The highest BCUT2D eigenvalue weighted by Crippen LogP contribution is 2.22. The topological polar surface area (TPSA) is 72.7 Å². The molecule has 1 aromatic carbocycles. The fourth-order valence-corrected chi connectivity index (χ4v) is 2.38. The van der Waals surface area contributed by atoms with Crippen LogP contribution in [0.3, 0.4) is 0 Å². The van der Waals surface area contributed by atoms with Gasteiger partial charge < -0.3 is 9.64 Å². The number of nitrogens with zero attached hydrogens (tertiary/aromatic N) is 2. The lowest BCUT2D eigenvalue weighted by atomic mass is 10.1. The minimum atomic E-state index is -0.750. The first-order valence-corrected chi connectivity index (χ1v) is 6.80. The molecule has 21 heavy (non-hydrogen) atoms. The van der Waals surface area contributed by atoms with Crippen molar-refractivity contribution in [3.8, 4) is 0 Å². The van der Waals surface area contributed by atoms with E-state index < -0.39 is 16.6 Å². The van der Waals surface area contributed by atoms with Crippen LogP contribution in [0.5, 0.6) is 0 Å². The molecule has 0 radical (unpaired) electrons. The van der Waals surface area contributed by atoms with E-state index >= 15 is 0 Å². The Morgan fingerprint density at radius 3 is 2.90 bits per heavy atom. The maximum absolute atomic E-state index is 13.9. The van der Waals surface area contributed by atoms with Crippen LogP contribution in [0.15, 0.2) is 18.2 Å². The van der Waals surface area contributed by atoms with E-state index in [1.54, 1.807) is 0 Å². The van der Waals surface area contributed by atoms with Gasteiger partial charge >= 0.3 is 0 Å². The predicted molar refractivity (Wildman–Crippen MR) is 73.6 cm³/mol. The maximum Gasteiger partial charge on any atom is 0.270 e. The van der Waals surface area contributed by atoms with Crippen molar-refractivity contribution in [1.82, 2.24) is 4.90 Å². The van der Waals surface area contributed by atoms with Crippen molar-refractivity contribution >= 4 is 11.6 Å². The standard InChI is InChI=1S/C14H17FN2O4/c1-3-10-8-21-9(2)7-16(10)14(18)12-6-11(17(19)20)4-5-13(12)15/h4-6,9-10H,3,7-8H2,1-2H3. The molecule has 0 aliphatic carbocycles. The summed E-state index contributed by atoms with van der Waals surface area (Å²) in [5.74, 6) is -1.28. The number of hydrogen-bond acceptors (Lipinski definition) is 4. The van der Waals surface area contributed by atoms with Gasteiger partial charge in [-0.1, -0.05) is 6.92 Å². The van der Waals surface area contributed by atoms with Crippen LogP contribution in [-0.2, 0) is 4.74 Å². The largest absolute Gasteiger partial charge is 0.375 e. The molecule has 1 aliphatic heterocycles. The van der Waals surface area contributed by atoms with Crippen molar-refractivity contribution in [3.63, 3.8) is 0 Å². The van der Waals surface area contributed by atoms with Gasteiger partial charge in [0.05, 0.1) is 29.2 Å². The third-order valence-corrected chi connectivity index (χ3v) is 3.59. The van der Waals surface area contributed by atoms with E-state index in [-0.39, 0.29) is 23.4 Å². The summed E-state index contributed by atoms with van der Waals surface area (Å²) in [5.41, 5.74) is -0.564. The van der Waals surface area contributed by atoms with Crippen LogP contribution in [0, 0.1) is 15.9 Å². The molecule has 6 nitrogen and oxygen atoms in total. The zero-order valence-electron chi connectivity index (χ0n) is 11.9. The number of nitro groups is 1. The molecule has 0 saturated carbocycles. The van der Waals surface area contributed by atoms with Crippen molar-refractivity contribution in [2.75, 3.05) is 13.2 Å². The number of amides is 1. The summed E-state index contributed by atoms with van der Waals surface area (Å²) >= 11 is 0. The predicted octanol–water partition coefficient (Wildman–Crippen LogP) is 2.37. The molecular formula is C14H17FN2O4. The molecule has 0 N–H and O–H groups in total. The molecule has 1 saturated heterocycles. The fourth-order valence-electron chi connectivity index (χ4n) is 2.38. The molecule has 0 spiro atoms. The van der Waals surface area contributed by atoms with Gasteiger partial charge in [0.1, 0.15) is 5.82 Å². The monoisotopic (exact) mass is 296 g/mol. The van der Waals surface area contributed by atoms with Gasteiger partial charge in [0.2, 0.25) is 0 Å². The molecule has 0 bridgehead atoms. The lowest BCUT2D eigenvalue weighted by Gasteiger charge is -2.38. The van der Waals surface area contributed by atoms with E-state index in [1.807, 2.05) is 13.8 Å². The number of non-ortho nitro benzene ring substituents is 1. The number of morpholine rings is 1. The zero-order chi connectivity index (χ0) is 15.6. The summed E-state index contributed by atoms with van der Waals surface area (Å²) in [4.78, 5) is 24.2. The van der Waals surface area contributed by atoms with Crippen molar-refractivity contribution in [1.29, 1.82) is 0 Å². The van der Waals surface area contributed by atoms with Crippen LogP contribution in [0.2, 0.25) is 0 Å². The highest BCUT2D eigenvalue weighted by atomic mass is 19.1. The molecule has 1 aliphatic rings. The van der Waals surface area contributed by atoms with E-state index in [0.29, 0.717) is 19.6 Å². The lowest BCUT2D eigenvalue weighted by Crippen LogP contribution is -2.51. The Hall–Kier alpha value is -2.02. The average Bonchev–Trinajstić information content (AvgIpc) is 2.46. The molecule has 1 amide bonds. The van der Waals surface area contributed by atoms with Crippen LogP contribution in [-0.4, -0.2) is 41.0 Å². The third kappa shape index (κ3) is 3.18. The van der Waals surface area contributed by atoms with Crippen LogP contribution < -0.4 is 0 Å². The maximum atomic E-state index is 13.9. The number of benzene rings is 1. The van der Waals surface area contributed by atoms with Gasteiger partial charge in [0.25, 0.3) is 11.6 Å². The Bertz CT molecular complexity index is 564. The van der Waals surface area contributed by atoms with Gasteiger partial charge in [-0.25, -0.2) is 4.39 Å². The molecule has 7 heteroatoms. The van der Waals surface area contributed by atoms with Crippen molar-refractivity contribution < 1.29 is 18.8 Å². The molecule has 2 unspecified atom stereocenters. The SMILES string of the molecule is CCC1COC(C)CN1C(=O)c1cc([N+](=O)[O-])ccc1F. The number of carbonyl (C=O) groups excluding carboxylic acids is 1. The van der Waals surface area contributed by atoms with Crippen LogP contribution in [0.1, 0.15) is 30.6 Å². The van der Waals surface area contributed by atoms with Crippen molar-refractivity contribution in [3.05, 3.63) is 39.7 Å². The second-order valence-electron chi connectivity index (χ2n) is 5.08. The molecule has 114 valence electrons. The van der Waals surface area contributed by atoms with Crippen LogP contribution in [0.4, 0.5) is 10.1 Å². The van der Waals surface area contributed by atoms with E-state index in [9.17, 15) is 19.3 Å². The number of rotatable bonds is 3. The molecule has 2 atom stereocenters. The van der Waals surface area contributed by atoms with Gasteiger partial charge in [-0.2, -0.15) is 0 Å². The smallest absolute Gasteiger partial charge is 0.270 e. The summed E-state index contributed by atoms with van der Waals surface area (Å²) in [7, 11) is 0. The molecule has 1 heterocycles. The van der Waals surface area contributed by atoms with E-state index in [0.717, 1.165) is 18.2 Å².